The zero-order valence-electron chi connectivity index (χ0n) is 18.8. The Hall–Kier alpha value is -4.64. The van der Waals surface area contributed by atoms with Gasteiger partial charge < -0.3 is 9.84 Å². The standard InChI is InChI=1S/C25H18N4O6S/c1-2-35-16-9-10-17-19(13-16)36-25(27-17)28-21(18-8-3-4-11-26-18)20(23(31)24(28)32)22(30)14-6-5-7-15(12-14)29(33)34/h3-13,21,30H,2H2,1H3/b22-20+. The van der Waals surface area contributed by atoms with Crippen molar-refractivity contribution >= 4 is 49.8 Å². The van der Waals surface area contributed by atoms with E-state index in [-0.39, 0.29) is 22.0 Å². The number of amides is 1. The molecule has 1 fully saturated rings. The number of ketones is 1. The van der Waals surface area contributed by atoms with E-state index in [2.05, 4.69) is 9.97 Å². The maximum absolute atomic E-state index is 13.3. The number of thiazole rings is 1. The normalized spacial score (nSPS) is 17.0. The van der Waals surface area contributed by atoms with E-state index < -0.39 is 28.4 Å². The molecule has 0 spiro atoms. The van der Waals surface area contributed by atoms with Crippen molar-refractivity contribution < 1.29 is 24.4 Å². The zero-order valence-corrected chi connectivity index (χ0v) is 19.6. The van der Waals surface area contributed by atoms with Gasteiger partial charge in [-0.15, -0.1) is 0 Å². The first-order chi connectivity index (χ1) is 17.4. The van der Waals surface area contributed by atoms with Crippen LogP contribution in [0.15, 0.2) is 72.4 Å². The highest BCUT2D eigenvalue weighted by Gasteiger charge is 2.48. The first-order valence-corrected chi connectivity index (χ1v) is 11.7. The third-order valence-electron chi connectivity index (χ3n) is 5.61. The molecule has 2 aromatic heterocycles. The Balaban J connectivity index is 1.69. The second-order valence-corrected chi connectivity index (χ2v) is 8.80. The van der Waals surface area contributed by atoms with Crippen molar-refractivity contribution in [2.45, 2.75) is 13.0 Å². The van der Waals surface area contributed by atoms with Gasteiger partial charge in [-0.1, -0.05) is 29.5 Å². The fraction of sp³-hybridized carbons (Fsp3) is 0.120. The van der Waals surface area contributed by atoms with Crippen LogP contribution in [0.5, 0.6) is 5.75 Å². The number of hydrogen-bond acceptors (Lipinski definition) is 9. The first kappa shape index (κ1) is 23.1. The lowest BCUT2D eigenvalue weighted by Crippen LogP contribution is -2.29. The summed E-state index contributed by atoms with van der Waals surface area (Å²) in [5, 5.41) is 22.6. The average molecular weight is 503 g/mol. The number of nitro benzene ring substituents is 1. The highest BCUT2D eigenvalue weighted by molar-refractivity contribution is 7.22. The summed E-state index contributed by atoms with van der Waals surface area (Å²) in [5.74, 6) is -1.71. The molecule has 1 N–H and O–H groups in total. The lowest BCUT2D eigenvalue weighted by Gasteiger charge is -2.21. The van der Waals surface area contributed by atoms with Crippen LogP contribution in [-0.2, 0) is 9.59 Å². The third-order valence-corrected chi connectivity index (χ3v) is 6.63. The number of nitro groups is 1. The van der Waals surface area contributed by atoms with E-state index >= 15 is 0 Å². The number of pyridine rings is 1. The number of aromatic nitrogens is 2. The minimum Gasteiger partial charge on any atom is -0.507 e. The summed E-state index contributed by atoms with van der Waals surface area (Å²) in [4.78, 5) is 47.3. The van der Waals surface area contributed by atoms with Gasteiger partial charge in [-0.05, 0) is 37.3 Å². The fourth-order valence-electron chi connectivity index (χ4n) is 4.02. The summed E-state index contributed by atoms with van der Waals surface area (Å²) in [6.07, 6.45) is 1.51. The maximum Gasteiger partial charge on any atom is 0.301 e. The molecule has 0 bridgehead atoms. The molecule has 2 aromatic carbocycles. The van der Waals surface area contributed by atoms with E-state index in [1.165, 1.54) is 40.6 Å². The van der Waals surface area contributed by atoms with Crippen LogP contribution in [-0.4, -0.2) is 38.3 Å². The second-order valence-electron chi connectivity index (χ2n) is 7.79. The van der Waals surface area contributed by atoms with Crippen molar-refractivity contribution in [1.29, 1.82) is 0 Å². The number of aliphatic hydroxyl groups is 1. The van der Waals surface area contributed by atoms with Crippen LogP contribution in [0, 0.1) is 10.1 Å². The van der Waals surface area contributed by atoms with Gasteiger partial charge in [0.25, 0.3) is 11.5 Å². The molecular formula is C25H18N4O6S. The number of benzene rings is 2. The summed E-state index contributed by atoms with van der Waals surface area (Å²) >= 11 is 1.20. The van der Waals surface area contributed by atoms with Crippen LogP contribution >= 0.6 is 11.3 Å². The van der Waals surface area contributed by atoms with Crippen LogP contribution in [0.25, 0.3) is 16.0 Å². The molecule has 0 radical (unpaired) electrons. The van der Waals surface area contributed by atoms with E-state index in [4.69, 9.17) is 4.74 Å². The quantitative estimate of drug-likeness (QED) is 0.133. The molecule has 0 saturated carbocycles. The van der Waals surface area contributed by atoms with E-state index in [1.807, 2.05) is 6.92 Å². The van der Waals surface area contributed by atoms with Gasteiger partial charge in [-0.2, -0.15) is 0 Å². The molecule has 1 atom stereocenters. The summed E-state index contributed by atoms with van der Waals surface area (Å²) in [6, 6.07) is 14.5. The summed E-state index contributed by atoms with van der Waals surface area (Å²) in [6.45, 7) is 2.36. The van der Waals surface area contributed by atoms with Crippen molar-refractivity contribution in [1.82, 2.24) is 9.97 Å². The number of carbonyl (C=O) groups is 2. The molecule has 11 heteroatoms. The monoisotopic (exact) mass is 502 g/mol. The topological polar surface area (TPSA) is 136 Å². The van der Waals surface area contributed by atoms with Crippen molar-refractivity contribution in [3.8, 4) is 5.75 Å². The van der Waals surface area contributed by atoms with Gasteiger partial charge >= 0.3 is 5.91 Å². The molecule has 180 valence electrons. The molecule has 0 aliphatic carbocycles. The Bertz CT molecular complexity index is 1550. The first-order valence-electron chi connectivity index (χ1n) is 10.9. The third kappa shape index (κ3) is 3.95. The second kappa shape index (κ2) is 9.19. The molecule has 3 heterocycles. The van der Waals surface area contributed by atoms with Crippen LogP contribution in [0.3, 0.4) is 0 Å². The maximum atomic E-state index is 13.3. The number of rotatable bonds is 6. The Morgan fingerprint density at radius 3 is 2.72 bits per heavy atom. The molecule has 1 aliphatic heterocycles. The number of aliphatic hydroxyl groups excluding tert-OH is 1. The summed E-state index contributed by atoms with van der Waals surface area (Å²) in [7, 11) is 0. The Morgan fingerprint density at radius 2 is 2.00 bits per heavy atom. The Morgan fingerprint density at radius 1 is 1.17 bits per heavy atom. The molecule has 1 amide bonds. The van der Waals surface area contributed by atoms with Crippen molar-refractivity contribution in [3.63, 3.8) is 0 Å². The largest absolute Gasteiger partial charge is 0.507 e. The average Bonchev–Trinajstić information content (AvgIpc) is 3.42. The molecular weight excluding hydrogens is 484 g/mol. The van der Waals surface area contributed by atoms with Crippen molar-refractivity contribution in [3.05, 3.63) is 93.8 Å². The van der Waals surface area contributed by atoms with Crippen molar-refractivity contribution in [2.24, 2.45) is 0 Å². The van der Waals surface area contributed by atoms with Gasteiger partial charge in [-0.3, -0.25) is 29.6 Å². The number of non-ortho nitro benzene ring substituents is 1. The SMILES string of the molecule is CCOc1ccc2nc(N3C(=O)C(=O)/C(=C(/O)c4cccc([N+](=O)[O-])c4)C3c3ccccn3)sc2c1. The summed E-state index contributed by atoms with van der Waals surface area (Å²) in [5.41, 5.74) is 0.484. The van der Waals surface area contributed by atoms with Crippen LogP contribution in [0.4, 0.5) is 10.8 Å². The molecule has 5 rings (SSSR count). The van der Waals surface area contributed by atoms with E-state index in [0.717, 1.165) is 10.8 Å². The number of anilines is 1. The number of nitrogens with zero attached hydrogens (tertiary/aromatic N) is 4. The van der Waals surface area contributed by atoms with Gasteiger partial charge in [0, 0.05) is 23.9 Å². The van der Waals surface area contributed by atoms with Gasteiger partial charge in [0.1, 0.15) is 17.6 Å². The number of ether oxygens (including phenoxy) is 1. The predicted molar refractivity (Wildman–Crippen MR) is 133 cm³/mol. The van der Waals surface area contributed by atoms with E-state index in [9.17, 15) is 24.8 Å². The van der Waals surface area contributed by atoms with Crippen LogP contribution in [0.2, 0.25) is 0 Å². The Labute approximate surface area is 208 Å². The van der Waals surface area contributed by atoms with Gasteiger partial charge in [-0.25, -0.2) is 4.98 Å². The lowest BCUT2D eigenvalue weighted by atomic mass is 9.98. The van der Waals surface area contributed by atoms with E-state index in [1.54, 1.807) is 36.4 Å². The smallest absolute Gasteiger partial charge is 0.301 e. The van der Waals surface area contributed by atoms with Crippen LogP contribution in [0.1, 0.15) is 24.2 Å². The molecule has 36 heavy (non-hydrogen) atoms. The van der Waals surface area contributed by atoms with Gasteiger partial charge in [0.15, 0.2) is 5.13 Å². The molecule has 1 aliphatic rings. The summed E-state index contributed by atoms with van der Waals surface area (Å²) < 4.78 is 6.29. The molecule has 1 saturated heterocycles. The van der Waals surface area contributed by atoms with Crippen LogP contribution < -0.4 is 9.64 Å². The van der Waals surface area contributed by atoms with Gasteiger partial charge in [0.05, 0.1) is 33.0 Å². The minimum atomic E-state index is -1.09. The molecule has 4 aromatic rings. The lowest BCUT2D eigenvalue weighted by molar-refractivity contribution is -0.384. The number of fused-ring (bicyclic) bond motifs is 1. The number of hydrogen-bond donors (Lipinski definition) is 1. The Kier molecular flexibility index (Phi) is 5.90. The molecule has 1 unspecified atom stereocenters. The highest BCUT2D eigenvalue weighted by atomic mass is 32.1. The van der Waals surface area contributed by atoms with Crippen molar-refractivity contribution in [2.75, 3.05) is 11.5 Å². The number of carbonyl (C=O) groups excluding carboxylic acids is 2. The van der Waals surface area contributed by atoms with E-state index in [0.29, 0.717) is 23.6 Å². The molecule has 10 nitrogen and oxygen atoms in total. The van der Waals surface area contributed by atoms with Gasteiger partial charge in [0.2, 0.25) is 0 Å². The fourth-order valence-corrected chi connectivity index (χ4v) is 5.04. The highest BCUT2D eigenvalue weighted by Crippen LogP contribution is 2.44. The predicted octanol–water partition coefficient (Wildman–Crippen LogP) is 4.62. The number of Topliss-reactive ketones (excluding diaryl/α,β-unsaturated/α-hetero) is 1. The zero-order chi connectivity index (χ0) is 25.4. The minimum absolute atomic E-state index is 0.0359.